The Morgan fingerprint density at radius 2 is 1.65 bits per heavy atom. The number of anilines is 1. The summed E-state index contributed by atoms with van der Waals surface area (Å²) < 4.78 is 6.06. The number of nitrogens with two attached hydrogens (primary N) is 1. The van der Waals surface area contributed by atoms with Crippen molar-refractivity contribution < 1.29 is 4.42 Å². The van der Waals surface area contributed by atoms with Crippen LogP contribution in [0.25, 0.3) is 33.1 Å². The van der Waals surface area contributed by atoms with Crippen molar-refractivity contribution in [3.05, 3.63) is 65.7 Å². The van der Waals surface area contributed by atoms with Crippen molar-refractivity contribution in [3.63, 3.8) is 0 Å². The van der Waals surface area contributed by atoms with E-state index >= 15 is 0 Å². The predicted octanol–water partition coefficient (Wildman–Crippen LogP) is 5.47. The molecule has 0 amide bonds. The van der Waals surface area contributed by atoms with E-state index in [-0.39, 0.29) is 5.41 Å². The van der Waals surface area contributed by atoms with E-state index in [1.165, 1.54) is 33.0 Å². The molecule has 0 radical (unpaired) electrons. The Labute approximate surface area is 134 Å². The molecule has 2 N–H and O–H groups in total. The minimum Gasteiger partial charge on any atom is -0.456 e. The molecule has 1 aliphatic carbocycles. The molecule has 0 bridgehead atoms. The maximum absolute atomic E-state index is 6.29. The third-order valence-corrected chi connectivity index (χ3v) is 5.20. The molecule has 1 aromatic heterocycles. The Hall–Kier alpha value is -2.74. The van der Waals surface area contributed by atoms with Crippen LogP contribution in [0.2, 0.25) is 0 Å². The normalized spacial score (nSPS) is 15.0. The number of para-hydroxylation sites is 1. The predicted molar refractivity (Wildman–Crippen MR) is 95.7 cm³/mol. The second-order valence-electron chi connectivity index (χ2n) is 6.89. The molecule has 0 spiro atoms. The van der Waals surface area contributed by atoms with Crippen LogP contribution in [0, 0.1) is 0 Å². The topological polar surface area (TPSA) is 39.2 Å². The molecule has 1 heterocycles. The molecular weight excluding hydrogens is 282 g/mol. The highest BCUT2D eigenvalue weighted by Gasteiger charge is 2.37. The van der Waals surface area contributed by atoms with Gasteiger partial charge in [-0.05, 0) is 46.5 Å². The molecule has 0 aliphatic heterocycles. The summed E-state index contributed by atoms with van der Waals surface area (Å²) in [5, 5.41) is 2.35. The Bertz CT molecular complexity index is 1100. The van der Waals surface area contributed by atoms with Gasteiger partial charge in [0, 0.05) is 21.9 Å². The van der Waals surface area contributed by atoms with E-state index in [0.717, 1.165) is 16.9 Å². The molecule has 0 saturated carbocycles. The molecule has 2 heteroatoms. The lowest BCUT2D eigenvalue weighted by Gasteiger charge is -2.22. The van der Waals surface area contributed by atoms with Crippen molar-refractivity contribution in [2.45, 2.75) is 19.3 Å². The van der Waals surface area contributed by atoms with E-state index in [0.29, 0.717) is 0 Å². The third kappa shape index (κ3) is 1.48. The highest BCUT2D eigenvalue weighted by Crippen LogP contribution is 2.52. The van der Waals surface area contributed by atoms with Crippen LogP contribution in [0.5, 0.6) is 0 Å². The minimum atomic E-state index is -0.0947. The molecule has 23 heavy (non-hydrogen) atoms. The van der Waals surface area contributed by atoms with Gasteiger partial charge in [-0.2, -0.15) is 0 Å². The summed E-state index contributed by atoms with van der Waals surface area (Å²) in [6.07, 6.45) is 0. The first-order chi connectivity index (χ1) is 11.1. The second-order valence-corrected chi connectivity index (χ2v) is 6.89. The van der Waals surface area contributed by atoms with Gasteiger partial charge in [0.2, 0.25) is 0 Å². The number of fused-ring (bicyclic) bond motifs is 6. The van der Waals surface area contributed by atoms with E-state index in [1.54, 1.807) is 0 Å². The molecule has 0 saturated heterocycles. The van der Waals surface area contributed by atoms with Crippen molar-refractivity contribution in [3.8, 4) is 11.1 Å². The van der Waals surface area contributed by atoms with Crippen LogP contribution in [0.4, 0.5) is 5.69 Å². The average molecular weight is 299 g/mol. The summed E-state index contributed by atoms with van der Waals surface area (Å²) >= 11 is 0. The molecule has 2 nitrogen and oxygen atoms in total. The Balaban J connectivity index is 1.94. The number of rotatable bonds is 0. The highest BCUT2D eigenvalue weighted by atomic mass is 16.3. The molecular formula is C21H17NO. The Morgan fingerprint density at radius 3 is 2.52 bits per heavy atom. The molecule has 0 fully saturated rings. The summed E-state index contributed by atoms with van der Waals surface area (Å²) in [4.78, 5) is 0. The summed E-state index contributed by atoms with van der Waals surface area (Å²) in [7, 11) is 0. The van der Waals surface area contributed by atoms with Crippen LogP contribution in [0.1, 0.15) is 25.0 Å². The zero-order valence-corrected chi connectivity index (χ0v) is 13.2. The van der Waals surface area contributed by atoms with Crippen molar-refractivity contribution in [1.82, 2.24) is 0 Å². The lowest BCUT2D eigenvalue weighted by Crippen LogP contribution is -2.16. The average Bonchev–Trinajstić information content (AvgIpc) is 3.00. The van der Waals surface area contributed by atoms with Crippen LogP contribution in [0.15, 0.2) is 59.0 Å². The SMILES string of the molecule is CC1(C)c2cc3c(cc2-c2cccc(N)c21)oc1ccccc13. The summed E-state index contributed by atoms with van der Waals surface area (Å²) in [6, 6.07) is 18.9. The summed E-state index contributed by atoms with van der Waals surface area (Å²) in [5.41, 5.74) is 14.0. The van der Waals surface area contributed by atoms with Gasteiger partial charge in [0.05, 0.1) is 0 Å². The fourth-order valence-electron chi connectivity index (χ4n) is 4.14. The van der Waals surface area contributed by atoms with Gasteiger partial charge in [0.15, 0.2) is 0 Å². The van der Waals surface area contributed by atoms with Crippen LogP contribution in [-0.2, 0) is 5.41 Å². The van der Waals surface area contributed by atoms with Crippen LogP contribution >= 0.6 is 0 Å². The number of furan rings is 1. The molecule has 112 valence electrons. The lowest BCUT2D eigenvalue weighted by molar-refractivity contribution is 0.659. The van der Waals surface area contributed by atoms with Gasteiger partial charge in [-0.15, -0.1) is 0 Å². The van der Waals surface area contributed by atoms with E-state index < -0.39 is 0 Å². The zero-order chi connectivity index (χ0) is 15.8. The summed E-state index contributed by atoms with van der Waals surface area (Å²) in [6.45, 7) is 4.50. The van der Waals surface area contributed by atoms with E-state index in [2.05, 4.69) is 44.2 Å². The maximum Gasteiger partial charge on any atom is 0.136 e. The maximum atomic E-state index is 6.29. The molecule has 3 aromatic carbocycles. The molecule has 0 atom stereocenters. The number of hydrogen-bond acceptors (Lipinski definition) is 2. The fraction of sp³-hybridized carbons (Fsp3) is 0.143. The number of hydrogen-bond donors (Lipinski definition) is 1. The van der Waals surface area contributed by atoms with Crippen molar-refractivity contribution in [1.29, 1.82) is 0 Å². The smallest absolute Gasteiger partial charge is 0.136 e. The first-order valence-electron chi connectivity index (χ1n) is 7.92. The van der Waals surface area contributed by atoms with Crippen LogP contribution < -0.4 is 5.73 Å². The van der Waals surface area contributed by atoms with Gasteiger partial charge in [0.25, 0.3) is 0 Å². The van der Waals surface area contributed by atoms with Crippen LogP contribution in [0.3, 0.4) is 0 Å². The van der Waals surface area contributed by atoms with Gasteiger partial charge >= 0.3 is 0 Å². The van der Waals surface area contributed by atoms with Gasteiger partial charge in [-0.3, -0.25) is 0 Å². The van der Waals surface area contributed by atoms with Gasteiger partial charge in [0.1, 0.15) is 11.2 Å². The van der Waals surface area contributed by atoms with Gasteiger partial charge in [-0.25, -0.2) is 0 Å². The second kappa shape index (κ2) is 3.96. The van der Waals surface area contributed by atoms with Gasteiger partial charge < -0.3 is 10.2 Å². The number of nitrogen functional groups attached to an aromatic ring is 1. The molecule has 4 aromatic rings. The van der Waals surface area contributed by atoms with E-state index in [1.807, 2.05) is 24.3 Å². The lowest BCUT2D eigenvalue weighted by atomic mass is 9.81. The Kier molecular flexibility index (Phi) is 2.20. The monoisotopic (exact) mass is 299 g/mol. The van der Waals surface area contributed by atoms with Gasteiger partial charge in [-0.1, -0.05) is 44.2 Å². The quantitative estimate of drug-likeness (QED) is 0.437. The first-order valence-corrected chi connectivity index (χ1v) is 7.92. The molecule has 0 unspecified atom stereocenters. The zero-order valence-electron chi connectivity index (χ0n) is 13.2. The standard InChI is InChI=1S/C21H17NO/c1-21(2)16-10-15-12-6-3-4-9-18(12)23-19(15)11-14(16)13-7-5-8-17(22)20(13)21/h3-11H,22H2,1-2H3. The molecule has 5 rings (SSSR count). The fourth-order valence-corrected chi connectivity index (χ4v) is 4.14. The van der Waals surface area contributed by atoms with E-state index in [9.17, 15) is 0 Å². The summed E-state index contributed by atoms with van der Waals surface area (Å²) in [5.74, 6) is 0. The first kappa shape index (κ1) is 12.8. The molecule has 1 aliphatic rings. The number of benzene rings is 3. The van der Waals surface area contributed by atoms with E-state index in [4.69, 9.17) is 10.2 Å². The van der Waals surface area contributed by atoms with Crippen molar-refractivity contribution >= 4 is 27.6 Å². The van der Waals surface area contributed by atoms with Crippen LogP contribution in [-0.4, -0.2) is 0 Å². The largest absolute Gasteiger partial charge is 0.456 e. The third-order valence-electron chi connectivity index (χ3n) is 5.20. The van der Waals surface area contributed by atoms with Crippen molar-refractivity contribution in [2.24, 2.45) is 0 Å². The highest BCUT2D eigenvalue weighted by molar-refractivity contribution is 6.07. The minimum absolute atomic E-state index is 0.0947. The Morgan fingerprint density at radius 1 is 0.826 bits per heavy atom. The van der Waals surface area contributed by atoms with Crippen molar-refractivity contribution in [2.75, 3.05) is 5.73 Å².